The minimum absolute atomic E-state index is 0.169. The van der Waals surface area contributed by atoms with E-state index in [0.717, 1.165) is 17.2 Å². The van der Waals surface area contributed by atoms with E-state index in [1.807, 2.05) is 24.3 Å². The number of aromatic nitrogens is 5. The summed E-state index contributed by atoms with van der Waals surface area (Å²) in [4.78, 5) is 16.4. The summed E-state index contributed by atoms with van der Waals surface area (Å²) < 4.78 is 3.74. The number of hydrogen-bond donors (Lipinski definition) is 3. The summed E-state index contributed by atoms with van der Waals surface area (Å²) in [5, 5.41) is 21.0. The van der Waals surface area contributed by atoms with Gasteiger partial charge in [-0.25, -0.2) is 0 Å². The summed E-state index contributed by atoms with van der Waals surface area (Å²) in [6.07, 6.45) is 3.40. The van der Waals surface area contributed by atoms with E-state index in [4.69, 9.17) is 0 Å². The van der Waals surface area contributed by atoms with Crippen molar-refractivity contribution in [2.45, 2.75) is 6.92 Å². The lowest BCUT2D eigenvalue weighted by Gasteiger charge is -2.08. The Labute approximate surface area is 148 Å². The zero-order valence-electron chi connectivity index (χ0n) is 13.4. The van der Waals surface area contributed by atoms with Crippen molar-refractivity contribution in [3.63, 3.8) is 0 Å². The molecule has 0 saturated heterocycles. The summed E-state index contributed by atoms with van der Waals surface area (Å²) in [5.41, 5.74) is 1.53. The summed E-state index contributed by atoms with van der Waals surface area (Å²) in [6, 6.07) is 7.32. The molecule has 25 heavy (non-hydrogen) atoms. The van der Waals surface area contributed by atoms with Crippen molar-refractivity contribution in [3.05, 3.63) is 47.2 Å². The van der Waals surface area contributed by atoms with Gasteiger partial charge < -0.3 is 16.0 Å². The number of carbonyl (C=O) groups is 1. The van der Waals surface area contributed by atoms with Gasteiger partial charge in [-0.1, -0.05) is 4.49 Å². The summed E-state index contributed by atoms with van der Waals surface area (Å²) >= 11 is 1.09. The predicted octanol–water partition coefficient (Wildman–Crippen LogP) is 1.62. The van der Waals surface area contributed by atoms with Crippen LogP contribution in [0.15, 0.2) is 36.7 Å². The number of aryl methyl sites for hydroxylation is 1. The molecular weight excluding hydrogens is 340 g/mol. The molecule has 0 fully saturated rings. The van der Waals surface area contributed by atoms with Crippen molar-refractivity contribution in [1.29, 1.82) is 0 Å². The number of rotatable bonds is 7. The van der Waals surface area contributed by atoms with E-state index < -0.39 is 0 Å². The highest BCUT2D eigenvalue weighted by atomic mass is 32.1. The molecule has 0 bridgehead atoms. The highest BCUT2D eigenvalue weighted by Gasteiger charge is 2.11. The number of nitrogens with zero attached hydrogens (tertiary/aromatic N) is 5. The van der Waals surface area contributed by atoms with Crippen molar-refractivity contribution in [3.8, 4) is 0 Å². The van der Waals surface area contributed by atoms with Gasteiger partial charge in [-0.3, -0.25) is 9.78 Å². The van der Waals surface area contributed by atoms with Gasteiger partial charge >= 0.3 is 0 Å². The summed E-state index contributed by atoms with van der Waals surface area (Å²) in [6.45, 7) is 2.74. The van der Waals surface area contributed by atoms with Crippen molar-refractivity contribution in [1.82, 2.24) is 30.1 Å². The van der Waals surface area contributed by atoms with Crippen LogP contribution in [0.4, 0.5) is 17.3 Å². The van der Waals surface area contributed by atoms with E-state index in [1.54, 1.807) is 19.3 Å². The lowest BCUT2D eigenvalue weighted by molar-refractivity contribution is 0.0958. The van der Waals surface area contributed by atoms with Crippen molar-refractivity contribution in [2.75, 3.05) is 23.7 Å². The Balaban J connectivity index is 1.43. The predicted molar refractivity (Wildman–Crippen MR) is 95.0 cm³/mol. The Hall–Kier alpha value is -3.14. The van der Waals surface area contributed by atoms with Crippen molar-refractivity contribution in [2.24, 2.45) is 0 Å². The quantitative estimate of drug-likeness (QED) is 0.547. The molecule has 9 nitrogen and oxygen atoms in total. The SMILES string of the molecule is Cc1nnsc1C(=O)NCCNc1ccc(Nc2ccncc2)nn1. The second-order valence-corrected chi connectivity index (χ2v) is 5.79. The fourth-order valence-electron chi connectivity index (χ4n) is 1.96. The summed E-state index contributed by atoms with van der Waals surface area (Å²) in [5.74, 6) is 1.10. The molecular formula is C15H16N8OS. The molecule has 0 atom stereocenters. The number of anilines is 3. The molecule has 0 saturated carbocycles. The van der Waals surface area contributed by atoms with Crippen LogP contribution < -0.4 is 16.0 Å². The van der Waals surface area contributed by atoms with E-state index in [0.29, 0.717) is 35.3 Å². The molecule has 0 aliphatic heterocycles. The maximum Gasteiger partial charge on any atom is 0.265 e. The van der Waals surface area contributed by atoms with E-state index in [-0.39, 0.29) is 5.91 Å². The molecule has 0 radical (unpaired) electrons. The summed E-state index contributed by atoms with van der Waals surface area (Å²) in [7, 11) is 0. The largest absolute Gasteiger partial charge is 0.367 e. The van der Waals surface area contributed by atoms with Crippen LogP contribution >= 0.6 is 11.5 Å². The first kappa shape index (κ1) is 16.7. The zero-order chi connectivity index (χ0) is 17.5. The molecule has 3 aromatic rings. The van der Waals surface area contributed by atoms with Gasteiger partial charge in [0, 0.05) is 31.2 Å². The second-order valence-electron chi connectivity index (χ2n) is 5.03. The van der Waals surface area contributed by atoms with E-state index >= 15 is 0 Å². The van der Waals surface area contributed by atoms with Gasteiger partial charge in [-0.15, -0.1) is 15.3 Å². The maximum absolute atomic E-state index is 11.9. The first-order chi connectivity index (χ1) is 12.2. The number of nitrogens with one attached hydrogen (secondary N) is 3. The highest BCUT2D eigenvalue weighted by molar-refractivity contribution is 7.07. The Morgan fingerprint density at radius 2 is 1.80 bits per heavy atom. The monoisotopic (exact) mass is 356 g/mol. The maximum atomic E-state index is 11.9. The third-order valence-electron chi connectivity index (χ3n) is 3.19. The third-order valence-corrected chi connectivity index (χ3v) is 4.02. The van der Waals surface area contributed by atoms with Crippen LogP contribution in [0.5, 0.6) is 0 Å². The fourth-order valence-corrected chi connectivity index (χ4v) is 2.54. The molecule has 128 valence electrons. The van der Waals surface area contributed by atoms with Gasteiger partial charge in [-0.2, -0.15) is 0 Å². The number of carbonyl (C=O) groups excluding carboxylic acids is 1. The molecule has 0 aliphatic rings. The second kappa shape index (κ2) is 8.11. The highest BCUT2D eigenvalue weighted by Crippen LogP contribution is 2.13. The number of amides is 1. The van der Waals surface area contributed by atoms with E-state index in [2.05, 4.69) is 40.7 Å². The molecule has 1 amide bonds. The Bertz CT molecular complexity index is 821. The van der Waals surface area contributed by atoms with Gasteiger partial charge in [-0.05, 0) is 42.7 Å². The zero-order valence-corrected chi connectivity index (χ0v) is 14.2. The molecule has 0 spiro atoms. The van der Waals surface area contributed by atoms with Gasteiger partial charge in [0.15, 0.2) is 5.82 Å². The van der Waals surface area contributed by atoms with Gasteiger partial charge in [0.25, 0.3) is 5.91 Å². The Morgan fingerprint density at radius 3 is 2.48 bits per heavy atom. The Kier molecular flexibility index (Phi) is 5.42. The average molecular weight is 356 g/mol. The molecule has 10 heteroatoms. The van der Waals surface area contributed by atoms with Crippen LogP contribution in [-0.4, -0.2) is 43.8 Å². The minimum atomic E-state index is -0.169. The van der Waals surface area contributed by atoms with Crippen LogP contribution in [-0.2, 0) is 0 Å². The van der Waals surface area contributed by atoms with Crippen LogP contribution in [0.25, 0.3) is 0 Å². The number of hydrogen-bond acceptors (Lipinski definition) is 9. The number of pyridine rings is 1. The molecule has 0 aliphatic carbocycles. The van der Waals surface area contributed by atoms with E-state index in [9.17, 15) is 4.79 Å². The first-order valence-electron chi connectivity index (χ1n) is 7.54. The van der Waals surface area contributed by atoms with Gasteiger partial charge in [0.1, 0.15) is 10.7 Å². The first-order valence-corrected chi connectivity index (χ1v) is 8.31. The van der Waals surface area contributed by atoms with Gasteiger partial charge in [0.05, 0.1) is 5.69 Å². The molecule has 0 aromatic carbocycles. The third kappa shape index (κ3) is 4.67. The lowest BCUT2D eigenvalue weighted by atomic mass is 10.4. The van der Waals surface area contributed by atoms with E-state index in [1.165, 1.54) is 0 Å². The average Bonchev–Trinajstić information content (AvgIpc) is 3.07. The van der Waals surface area contributed by atoms with Crippen molar-refractivity contribution < 1.29 is 4.79 Å². The van der Waals surface area contributed by atoms with Crippen LogP contribution in [0.1, 0.15) is 15.4 Å². The van der Waals surface area contributed by atoms with Crippen LogP contribution in [0.3, 0.4) is 0 Å². The minimum Gasteiger partial charge on any atom is -0.367 e. The fraction of sp³-hybridized carbons (Fsp3) is 0.200. The smallest absolute Gasteiger partial charge is 0.265 e. The Morgan fingerprint density at radius 1 is 1.04 bits per heavy atom. The normalized spacial score (nSPS) is 10.3. The lowest BCUT2D eigenvalue weighted by Crippen LogP contribution is -2.28. The molecule has 3 rings (SSSR count). The molecule has 3 aromatic heterocycles. The van der Waals surface area contributed by atoms with Crippen molar-refractivity contribution >= 4 is 34.8 Å². The van der Waals surface area contributed by atoms with Crippen LogP contribution in [0.2, 0.25) is 0 Å². The van der Waals surface area contributed by atoms with Gasteiger partial charge in [0.2, 0.25) is 0 Å². The molecule has 3 N–H and O–H groups in total. The topological polar surface area (TPSA) is 118 Å². The molecule has 0 unspecified atom stereocenters. The van der Waals surface area contributed by atoms with Crippen LogP contribution in [0, 0.1) is 6.92 Å². The standard InChI is InChI=1S/C15H16N8OS/c1-10-14(25-23-20-10)15(24)18-9-8-17-12-2-3-13(22-21-12)19-11-4-6-16-7-5-11/h2-7H,8-9H2,1H3,(H,17,21)(H,18,24)(H,16,19,22). The molecule has 3 heterocycles.